The first-order chi connectivity index (χ1) is 8.45. The molecule has 0 unspecified atom stereocenters. The number of aryl methyl sites for hydroxylation is 1. The minimum absolute atomic E-state index is 0.130. The van der Waals surface area contributed by atoms with E-state index in [1.807, 2.05) is 0 Å². The molecule has 5 nitrogen and oxygen atoms in total. The van der Waals surface area contributed by atoms with Gasteiger partial charge in [-0.25, -0.2) is 9.18 Å². The highest BCUT2D eigenvalue weighted by molar-refractivity contribution is 5.96. The summed E-state index contributed by atoms with van der Waals surface area (Å²) in [5, 5.41) is 19.6. The van der Waals surface area contributed by atoms with Crippen LogP contribution in [0.15, 0.2) is 18.2 Å². The first-order valence-corrected chi connectivity index (χ1v) is 5.36. The van der Waals surface area contributed by atoms with Gasteiger partial charge >= 0.3 is 5.97 Å². The maximum absolute atomic E-state index is 13.4. The SMILES string of the molecule is Cc1ccc(F)c(C(=O)N[C@H](CCO)C(=O)O)c1. The molecule has 98 valence electrons. The zero-order valence-electron chi connectivity index (χ0n) is 9.81. The van der Waals surface area contributed by atoms with Gasteiger partial charge in [0.1, 0.15) is 11.9 Å². The molecule has 1 atom stereocenters. The van der Waals surface area contributed by atoms with E-state index in [1.165, 1.54) is 12.1 Å². The fourth-order valence-electron chi connectivity index (χ4n) is 1.44. The van der Waals surface area contributed by atoms with Crippen molar-refractivity contribution in [2.45, 2.75) is 19.4 Å². The second kappa shape index (κ2) is 6.11. The van der Waals surface area contributed by atoms with Crippen LogP contribution in [0.4, 0.5) is 4.39 Å². The van der Waals surface area contributed by atoms with Gasteiger partial charge in [-0.15, -0.1) is 0 Å². The molecule has 6 heteroatoms. The molecule has 0 saturated heterocycles. The fourth-order valence-corrected chi connectivity index (χ4v) is 1.44. The van der Waals surface area contributed by atoms with Crippen molar-refractivity contribution in [3.05, 3.63) is 35.1 Å². The predicted molar refractivity (Wildman–Crippen MR) is 61.7 cm³/mol. The summed E-state index contributed by atoms with van der Waals surface area (Å²) in [5.74, 6) is -2.80. The highest BCUT2D eigenvalue weighted by Crippen LogP contribution is 2.10. The molecule has 0 saturated carbocycles. The summed E-state index contributed by atoms with van der Waals surface area (Å²) < 4.78 is 13.4. The van der Waals surface area contributed by atoms with Crippen LogP contribution < -0.4 is 5.32 Å². The van der Waals surface area contributed by atoms with Crippen LogP contribution in [-0.2, 0) is 4.79 Å². The smallest absolute Gasteiger partial charge is 0.326 e. The molecule has 0 radical (unpaired) electrons. The van der Waals surface area contributed by atoms with E-state index in [-0.39, 0.29) is 18.6 Å². The van der Waals surface area contributed by atoms with Gasteiger partial charge in [-0.05, 0) is 19.1 Å². The molecule has 1 amide bonds. The predicted octanol–water partition coefficient (Wildman–Crippen LogP) is 0.700. The highest BCUT2D eigenvalue weighted by atomic mass is 19.1. The molecule has 18 heavy (non-hydrogen) atoms. The maximum atomic E-state index is 13.4. The van der Waals surface area contributed by atoms with E-state index in [1.54, 1.807) is 6.92 Å². The molecule has 0 aliphatic carbocycles. The third-order valence-corrected chi connectivity index (χ3v) is 2.39. The average molecular weight is 255 g/mol. The Bertz CT molecular complexity index is 461. The second-order valence-electron chi connectivity index (χ2n) is 3.86. The Morgan fingerprint density at radius 2 is 2.11 bits per heavy atom. The van der Waals surface area contributed by atoms with E-state index >= 15 is 0 Å². The number of nitrogens with one attached hydrogen (secondary N) is 1. The summed E-state index contributed by atoms with van der Waals surface area (Å²) in [7, 11) is 0. The van der Waals surface area contributed by atoms with Gasteiger partial charge in [-0.3, -0.25) is 4.79 Å². The van der Waals surface area contributed by atoms with Crippen molar-refractivity contribution in [3.8, 4) is 0 Å². The first kappa shape index (κ1) is 14.1. The van der Waals surface area contributed by atoms with Crippen LogP contribution in [-0.4, -0.2) is 34.7 Å². The molecule has 1 aromatic carbocycles. The monoisotopic (exact) mass is 255 g/mol. The lowest BCUT2D eigenvalue weighted by Crippen LogP contribution is -2.41. The Morgan fingerprint density at radius 3 is 2.67 bits per heavy atom. The molecule has 0 heterocycles. The zero-order chi connectivity index (χ0) is 13.7. The molecule has 0 spiro atoms. The van der Waals surface area contributed by atoms with Crippen molar-refractivity contribution in [2.24, 2.45) is 0 Å². The van der Waals surface area contributed by atoms with E-state index in [9.17, 15) is 14.0 Å². The van der Waals surface area contributed by atoms with Gasteiger partial charge in [0.05, 0.1) is 5.56 Å². The molecule has 1 aromatic rings. The third kappa shape index (κ3) is 3.53. The van der Waals surface area contributed by atoms with E-state index in [4.69, 9.17) is 10.2 Å². The Labute approximate surface area is 103 Å². The lowest BCUT2D eigenvalue weighted by Gasteiger charge is -2.13. The number of halogens is 1. The normalized spacial score (nSPS) is 11.9. The summed E-state index contributed by atoms with van der Waals surface area (Å²) in [4.78, 5) is 22.5. The van der Waals surface area contributed by atoms with E-state index in [0.29, 0.717) is 5.56 Å². The molecular weight excluding hydrogens is 241 g/mol. The van der Waals surface area contributed by atoms with Gasteiger partial charge in [0, 0.05) is 13.0 Å². The number of rotatable bonds is 5. The van der Waals surface area contributed by atoms with Gasteiger partial charge in [-0.2, -0.15) is 0 Å². The average Bonchev–Trinajstić information content (AvgIpc) is 2.31. The van der Waals surface area contributed by atoms with Gasteiger partial charge in [0.25, 0.3) is 5.91 Å². The maximum Gasteiger partial charge on any atom is 0.326 e. The quantitative estimate of drug-likeness (QED) is 0.722. The molecule has 0 aromatic heterocycles. The molecule has 1 rings (SSSR count). The molecule has 0 bridgehead atoms. The minimum Gasteiger partial charge on any atom is -0.480 e. The Hall–Kier alpha value is -1.95. The molecular formula is C12H14FNO4. The number of aliphatic carboxylic acids is 1. The van der Waals surface area contributed by atoms with Crippen LogP contribution in [0.2, 0.25) is 0 Å². The van der Waals surface area contributed by atoms with Crippen molar-refractivity contribution in [2.75, 3.05) is 6.61 Å². The fraction of sp³-hybridized carbons (Fsp3) is 0.333. The number of amides is 1. The van der Waals surface area contributed by atoms with Gasteiger partial charge in [0.2, 0.25) is 0 Å². The number of aliphatic hydroxyl groups excluding tert-OH is 1. The number of aliphatic hydroxyl groups is 1. The number of carboxylic acid groups (broad SMARTS) is 1. The summed E-state index contributed by atoms with van der Waals surface area (Å²) in [5.41, 5.74) is 0.481. The first-order valence-electron chi connectivity index (χ1n) is 5.36. The van der Waals surface area contributed by atoms with Crippen LogP contribution in [0.3, 0.4) is 0 Å². The van der Waals surface area contributed by atoms with Crippen molar-refractivity contribution in [3.63, 3.8) is 0 Å². The number of hydrogen-bond acceptors (Lipinski definition) is 3. The summed E-state index contributed by atoms with van der Waals surface area (Å²) in [6.07, 6.45) is -0.130. The van der Waals surface area contributed by atoms with E-state index in [2.05, 4.69) is 5.32 Å². The summed E-state index contributed by atoms with van der Waals surface area (Å²) >= 11 is 0. The van der Waals surface area contributed by atoms with Crippen LogP contribution in [0, 0.1) is 12.7 Å². The van der Waals surface area contributed by atoms with Crippen LogP contribution >= 0.6 is 0 Å². The number of carbonyl (C=O) groups is 2. The third-order valence-electron chi connectivity index (χ3n) is 2.39. The topological polar surface area (TPSA) is 86.6 Å². The number of carbonyl (C=O) groups excluding carboxylic acids is 1. The van der Waals surface area contributed by atoms with Crippen LogP contribution in [0.25, 0.3) is 0 Å². The zero-order valence-corrected chi connectivity index (χ0v) is 9.81. The van der Waals surface area contributed by atoms with Crippen molar-refractivity contribution < 1.29 is 24.2 Å². The second-order valence-corrected chi connectivity index (χ2v) is 3.86. The number of benzene rings is 1. The highest BCUT2D eigenvalue weighted by Gasteiger charge is 2.21. The van der Waals surface area contributed by atoms with Gasteiger partial charge in [-0.1, -0.05) is 11.6 Å². The number of carboxylic acids is 1. The van der Waals surface area contributed by atoms with Gasteiger partial charge in [0.15, 0.2) is 0 Å². The minimum atomic E-state index is -1.27. The molecule has 3 N–H and O–H groups in total. The Morgan fingerprint density at radius 1 is 1.44 bits per heavy atom. The summed E-state index contributed by atoms with van der Waals surface area (Å²) in [6.45, 7) is 1.31. The van der Waals surface area contributed by atoms with E-state index < -0.39 is 23.7 Å². The molecule has 0 aliphatic rings. The molecule has 0 aliphatic heterocycles. The van der Waals surface area contributed by atoms with Crippen LogP contribution in [0.1, 0.15) is 22.3 Å². The van der Waals surface area contributed by atoms with Crippen molar-refractivity contribution in [1.29, 1.82) is 0 Å². The van der Waals surface area contributed by atoms with Crippen molar-refractivity contribution in [1.82, 2.24) is 5.32 Å². The Kier molecular flexibility index (Phi) is 4.79. The number of hydrogen-bond donors (Lipinski definition) is 3. The standard InChI is InChI=1S/C12H14FNO4/c1-7-2-3-9(13)8(6-7)11(16)14-10(4-5-15)12(17)18/h2-3,6,10,15H,4-5H2,1H3,(H,14,16)(H,17,18)/t10-/m1/s1. The van der Waals surface area contributed by atoms with Crippen molar-refractivity contribution >= 4 is 11.9 Å². The largest absolute Gasteiger partial charge is 0.480 e. The lowest BCUT2D eigenvalue weighted by atomic mass is 10.1. The van der Waals surface area contributed by atoms with Crippen LogP contribution in [0.5, 0.6) is 0 Å². The lowest BCUT2D eigenvalue weighted by molar-refractivity contribution is -0.139. The summed E-state index contributed by atoms with van der Waals surface area (Å²) in [6, 6.07) is 2.76. The van der Waals surface area contributed by atoms with Gasteiger partial charge < -0.3 is 15.5 Å². The van der Waals surface area contributed by atoms with E-state index in [0.717, 1.165) is 6.07 Å². The molecule has 0 fully saturated rings. The Balaban J connectivity index is 2.86.